The zero-order chi connectivity index (χ0) is 13.1. The molecule has 0 bridgehead atoms. The second kappa shape index (κ2) is 5.48. The molecular formula is C12H15FN2O2S. The van der Waals surface area contributed by atoms with Crippen molar-refractivity contribution in [3.05, 3.63) is 23.5 Å². The van der Waals surface area contributed by atoms with E-state index in [1.807, 2.05) is 11.8 Å². The van der Waals surface area contributed by atoms with Gasteiger partial charge in [0.15, 0.2) is 0 Å². The number of nitrogens with one attached hydrogen (secondary N) is 1. The molecule has 1 aliphatic heterocycles. The Morgan fingerprint density at radius 2 is 2.33 bits per heavy atom. The molecule has 1 fully saturated rings. The van der Waals surface area contributed by atoms with E-state index >= 15 is 0 Å². The highest BCUT2D eigenvalue weighted by molar-refractivity contribution is 7.99. The van der Waals surface area contributed by atoms with E-state index in [9.17, 15) is 9.18 Å². The van der Waals surface area contributed by atoms with E-state index in [-0.39, 0.29) is 17.3 Å². The van der Waals surface area contributed by atoms with Crippen LogP contribution in [0.25, 0.3) is 0 Å². The van der Waals surface area contributed by atoms with Gasteiger partial charge < -0.3 is 16.2 Å². The Hall–Kier alpha value is -1.43. The first-order valence-corrected chi connectivity index (χ1v) is 6.90. The predicted molar refractivity (Wildman–Crippen MR) is 71.7 cm³/mol. The van der Waals surface area contributed by atoms with Crippen LogP contribution in [0.2, 0.25) is 0 Å². The van der Waals surface area contributed by atoms with Crippen molar-refractivity contribution in [1.82, 2.24) is 0 Å². The number of carbonyl (C=O) groups is 1. The van der Waals surface area contributed by atoms with Gasteiger partial charge in [0.2, 0.25) is 0 Å². The third-order valence-electron chi connectivity index (χ3n) is 2.93. The van der Waals surface area contributed by atoms with Gasteiger partial charge in [-0.05, 0) is 30.7 Å². The Morgan fingerprint density at radius 1 is 1.56 bits per heavy atom. The molecule has 0 aromatic heterocycles. The number of hydrogen-bond acceptors (Lipinski definition) is 4. The number of anilines is 2. The second-order valence-electron chi connectivity index (χ2n) is 4.25. The van der Waals surface area contributed by atoms with Gasteiger partial charge in [-0.25, -0.2) is 9.18 Å². The van der Waals surface area contributed by atoms with Crippen LogP contribution in [0.15, 0.2) is 12.1 Å². The molecular weight excluding hydrogens is 255 g/mol. The van der Waals surface area contributed by atoms with Crippen LogP contribution >= 0.6 is 11.8 Å². The molecule has 1 heterocycles. The molecule has 1 aromatic carbocycles. The smallest absolute Gasteiger partial charge is 0.340 e. The van der Waals surface area contributed by atoms with E-state index in [2.05, 4.69) is 5.32 Å². The maximum atomic E-state index is 13.3. The molecule has 4 nitrogen and oxygen atoms in total. The summed E-state index contributed by atoms with van der Waals surface area (Å²) in [6.07, 6.45) is 2.09. The molecule has 1 aliphatic rings. The van der Waals surface area contributed by atoms with Gasteiger partial charge in [-0.3, -0.25) is 0 Å². The summed E-state index contributed by atoms with van der Waals surface area (Å²) in [5, 5.41) is 12.3. The topological polar surface area (TPSA) is 75.3 Å². The minimum Gasteiger partial charge on any atom is -0.478 e. The van der Waals surface area contributed by atoms with Crippen LogP contribution in [-0.2, 0) is 0 Å². The van der Waals surface area contributed by atoms with E-state index in [1.165, 1.54) is 12.1 Å². The number of carboxylic acids is 1. The molecule has 6 heteroatoms. The van der Waals surface area contributed by atoms with Gasteiger partial charge in [0.05, 0.1) is 11.4 Å². The van der Waals surface area contributed by atoms with Gasteiger partial charge in [-0.1, -0.05) is 0 Å². The number of benzene rings is 1. The first-order valence-electron chi connectivity index (χ1n) is 5.75. The number of aromatic carboxylic acids is 1. The number of rotatable bonds is 3. The summed E-state index contributed by atoms with van der Waals surface area (Å²) in [7, 11) is 0. The van der Waals surface area contributed by atoms with Gasteiger partial charge in [-0.15, -0.1) is 0 Å². The van der Waals surface area contributed by atoms with E-state index in [0.717, 1.165) is 24.3 Å². The molecule has 2 rings (SSSR count). The average Bonchev–Trinajstić information content (AvgIpc) is 2.35. The van der Waals surface area contributed by atoms with Crippen molar-refractivity contribution in [3.63, 3.8) is 0 Å². The molecule has 4 N–H and O–H groups in total. The Morgan fingerprint density at radius 3 is 2.94 bits per heavy atom. The minimum atomic E-state index is -1.21. The van der Waals surface area contributed by atoms with Crippen LogP contribution in [-0.4, -0.2) is 28.6 Å². The quantitative estimate of drug-likeness (QED) is 0.735. The molecule has 18 heavy (non-hydrogen) atoms. The largest absolute Gasteiger partial charge is 0.478 e. The first kappa shape index (κ1) is 13.0. The maximum Gasteiger partial charge on any atom is 0.340 e. The number of nitrogens with two attached hydrogens (primary N) is 1. The standard InChI is InChI=1S/C12H15FN2O2S/c13-8-3-4-9(10(11(8)14)12(16)17)15-7-2-1-5-18-6-7/h3-4,7,15H,1-2,5-6,14H2,(H,16,17). The highest BCUT2D eigenvalue weighted by Gasteiger charge is 2.20. The summed E-state index contributed by atoms with van der Waals surface area (Å²) in [6, 6.07) is 2.85. The summed E-state index contributed by atoms with van der Waals surface area (Å²) < 4.78 is 13.3. The van der Waals surface area contributed by atoms with Crippen molar-refractivity contribution in [2.24, 2.45) is 0 Å². The maximum absolute atomic E-state index is 13.3. The summed E-state index contributed by atoms with van der Waals surface area (Å²) >= 11 is 1.83. The fourth-order valence-electron chi connectivity index (χ4n) is 2.02. The van der Waals surface area contributed by atoms with E-state index in [4.69, 9.17) is 10.8 Å². The van der Waals surface area contributed by atoms with Crippen molar-refractivity contribution < 1.29 is 14.3 Å². The molecule has 0 amide bonds. The fourth-order valence-corrected chi connectivity index (χ4v) is 3.09. The lowest BCUT2D eigenvalue weighted by molar-refractivity contribution is 0.0698. The minimum absolute atomic E-state index is 0.175. The number of thioether (sulfide) groups is 1. The fraction of sp³-hybridized carbons (Fsp3) is 0.417. The zero-order valence-electron chi connectivity index (χ0n) is 9.78. The van der Waals surface area contributed by atoms with Crippen molar-refractivity contribution in [3.8, 4) is 0 Å². The Kier molecular flexibility index (Phi) is 3.96. The van der Waals surface area contributed by atoms with Gasteiger partial charge in [0.25, 0.3) is 0 Å². The lowest BCUT2D eigenvalue weighted by Crippen LogP contribution is -2.27. The van der Waals surface area contributed by atoms with Gasteiger partial charge >= 0.3 is 5.97 Å². The van der Waals surface area contributed by atoms with Crippen LogP contribution in [0.3, 0.4) is 0 Å². The average molecular weight is 270 g/mol. The lowest BCUT2D eigenvalue weighted by Gasteiger charge is -2.24. The molecule has 1 atom stereocenters. The molecule has 1 unspecified atom stereocenters. The van der Waals surface area contributed by atoms with Crippen LogP contribution in [0.4, 0.5) is 15.8 Å². The van der Waals surface area contributed by atoms with Crippen LogP contribution < -0.4 is 11.1 Å². The van der Waals surface area contributed by atoms with Crippen LogP contribution in [0, 0.1) is 5.82 Å². The molecule has 0 aliphatic carbocycles. The zero-order valence-corrected chi connectivity index (χ0v) is 10.6. The molecule has 98 valence electrons. The Labute approximate surface area is 109 Å². The monoisotopic (exact) mass is 270 g/mol. The third kappa shape index (κ3) is 2.69. The summed E-state index contributed by atoms with van der Waals surface area (Å²) in [4.78, 5) is 11.1. The van der Waals surface area contributed by atoms with Crippen molar-refractivity contribution in [2.75, 3.05) is 22.6 Å². The lowest BCUT2D eigenvalue weighted by atomic mass is 10.1. The van der Waals surface area contributed by atoms with E-state index < -0.39 is 11.8 Å². The SMILES string of the molecule is Nc1c(F)ccc(NC2CCCSC2)c1C(=O)O. The van der Waals surface area contributed by atoms with Crippen LogP contribution in [0.1, 0.15) is 23.2 Å². The van der Waals surface area contributed by atoms with Crippen LogP contribution in [0.5, 0.6) is 0 Å². The van der Waals surface area contributed by atoms with Crippen molar-refractivity contribution >= 4 is 29.1 Å². The number of hydrogen-bond donors (Lipinski definition) is 3. The van der Waals surface area contributed by atoms with Crippen molar-refractivity contribution in [2.45, 2.75) is 18.9 Å². The molecule has 1 aromatic rings. The van der Waals surface area contributed by atoms with Gasteiger partial charge in [-0.2, -0.15) is 11.8 Å². The second-order valence-corrected chi connectivity index (χ2v) is 5.40. The Balaban J connectivity index is 2.26. The van der Waals surface area contributed by atoms with Gasteiger partial charge in [0, 0.05) is 11.8 Å². The first-order chi connectivity index (χ1) is 8.59. The van der Waals surface area contributed by atoms with E-state index in [1.54, 1.807) is 0 Å². The molecule has 0 saturated carbocycles. The van der Waals surface area contributed by atoms with E-state index in [0.29, 0.717) is 5.69 Å². The summed E-state index contributed by atoms with van der Waals surface area (Å²) in [5.74, 6) is 0.153. The normalized spacial score (nSPS) is 19.5. The summed E-state index contributed by atoms with van der Waals surface area (Å²) in [5.41, 5.74) is 5.40. The van der Waals surface area contributed by atoms with Gasteiger partial charge in [0.1, 0.15) is 11.4 Å². The molecule has 0 radical (unpaired) electrons. The third-order valence-corrected chi connectivity index (χ3v) is 4.14. The molecule has 0 spiro atoms. The Bertz CT molecular complexity index is 462. The molecule has 1 saturated heterocycles. The summed E-state index contributed by atoms with van der Waals surface area (Å²) in [6.45, 7) is 0. The highest BCUT2D eigenvalue weighted by Crippen LogP contribution is 2.28. The number of halogens is 1. The predicted octanol–water partition coefficient (Wildman–Crippen LogP) is 2.41. The number of carboxylic acid groups (broad SMARTS) is 1. The number of nitrogen functional groups attached to an aromatic ring is 1. The van der Waals surface area contributed by atoms with Crippen molar-refractivity contribution in [1.29, 1.82) is 0 Å². The highest BCUT2D eigenvalue weighted by atomic mass is 32.2.